The van der Waals surface area contributed by atoms with E-state index in [0.717, 1.165) is 31.9 Å². The molecule has 1 heterocycles. The first-order valence-electron chi connectivity index (χ1n) is 9.17. The quantitative estimate of drug-likeness (QED) is 0.664. The van der Waals surface area contributed by atoms with Gasteiger partial charge in [0.25, 0.3) is 0 Å². The van der Waals surface area contributed by atoms with E-state index < -0.39 is 11.8 Å². The number of likely N-dealkylation sites (N-methyl/N-ethyl adjacent to an activating group) is 1. The Morgan fingerprint density at radius 2 is 1.56 bits per heavy atom. The molecule has 8 heteroatoms. The molecular weight excluding hydrogens is 348 g/mol. The Balaban J connectivity index is 1.92. The van der Waals surface area contributed by atoms with Crippen LogP contribution in [0.15, 0.2) is 24.3 Å². The van der Waals surface area contributed by atoms with Crippen LogP contribution in [-0.2, 0) is 19.1 Å². The number of nitrogens with zero attached hydrogens (tertiary/aromatic N) is 3. The SMILES string of the molecule is COCCN(CCOC)C(=O)C(=O)Nc1ccc(N2CCN(C)CC2)cc1. The molecule has 0 spiro atoms. The van der Waals surface area contributed by atoms with E-state index in [-0.39, 0.29) is 0 Å². The number of piperazine rings is 1. The van der Waals surface area contributed by atoms with Gasteiger partial charge >= 0.3 is 11.8 Å². The first kappa shape index (κ1) is 21.1. The monoisotopic (exact) mass is 378 g/mol. The number of methoxy groups -OCH3 is 2. The van der Waals surface area contributed by atoms with E-state index in [2.05, 4.69) is 22.2 Å². The van der Waals surface area contributed by atoms with Gasteiger partial charge in [0.15, 0.2) is 0 Å². The standard InChI is InChI=1S/C19H30N4O4/c1-21-8-10-22(11-9-21)17-6-4-16(5-7-17)20-18(24)19(25)23(12-14-26-2)13-15-27-3/h4-7H,8-15H2,1-3H3,(H,20,24). The van der Waals surface area contributed by atoms with Gasteiger partial charge in [0, 0.05) is 64.9 Å². The highest BCUT2D eigenvalue weighted by atomic mass is 16.5. The summed E-state index contributed by atoms with van der Waals surface area (Å²) >= 11 is 0. The highest BCUT2D eigenvalue weighted by molar-refractivity contribution is 6.39. The second kappa shape index (κ2) is 10.9. The fourth-order valence-electron chi connectivity index (χ4n) is 2.87. The lowest BCUT2D eigenvalue weighted by Gasteiger charge is -2.34. The first-order chi connectivity index (χ1) is 13.0. The zero-order valence-corrected chi connectivity index (χ0v) is 16.4. The summed E-state index contributed by atoms with van der Waals surface area (Å²) in [6.45, 7) is 5.44. The summed E-state index contributed by atoms with van der Waals surface area (Å²) in [7, 11) is 5.23. The fourth-order valence-corrected chi connectivity index (χ4v) is 2.87. The Bertz CT molecular complexity index is 592. The van der Waals surface area contributed by atoms with E-state index >= 15 is 0 Å². The first-order valence-corrected chi connectivity index (χ1v) is 9.17. The molecule has 0 aliphatic carbocycles. The topological polar surface area (TPSA) is 74.3 Å². The summed E-state index contributed by atoms with van der Waals surface area (Å²) in [6.07, 6.45) is 0. The molecule has 1 aromatic carbocycles. The van der Waals surface area contributed by atoms with Crippen molar-refractivity contribution in [3.05, 3.63) is 24.3 Å². The van der Waals surface area contributed by atoms with Crippen molar-refractivity contribution in [2.24, 2.45) is 0 Å². The van der Waals surface area contributed by atoms with Gasteiger partial charge in [-0.05, 0) is 31.3 Å². The molecule has 8 nitrogen and oxygen atoms in total. The van der Waals surface area contributed by atoms with Gasteiger partial charge in [0.1, 0.15) is 0 Å². The summed E-state index contributed by atoms with van der Waals surface area (Å²) in [4.78, 5) is 30.7. The van der Waals surface area contributed by atoms with E-state index in [1.807, 2.05) is 24.3 Å². The summed E-state index contributed by atoms with van der Waals surface area (Å²) in [5.74, 6) is -1.25. The molecule has 0 unspecified atom stereocenters. The summed E-state index contributed by atoms with van der Waals surface area (Å²) in [5.41, 5.74) is 1.72. The Labute approximate surface area is 161 Å². The van der Waals surface area contributed by atoms with Crippen LogP contribution in [0.2, 0.25) is 0 Å². The average molecular weight is 378 g/mol. The van der Waals surface area contributed by atoms with Crippen molar-refractivity contribution in [2.75, 3.05) is 84.0 Å². The number of ether oxygens (including phenoxy) is 2. The lowest BCUT2D eigenvalue weighted by atomic mass is 10.2. The van der Waals surface area contributed by atoms with Crippen molar-refractivity contribution in [2.45, 2.75) is 0 Å². The van der Waals surface area contributed by atoms with Crippen LogP contribution in [0.25, 0.3) is 0 Å². The minimum absolute atomic E-state index is 0.342. The van der Waals surface area contributed by atoms with Crippen LogP contribution in [0.1, 0.15) is 0 Å². The number of nitrogens with one attached hydrogen (secondary N) is 1. The molecule has 0 atom stereocenters. The second-order valence-corrected chi connectivity index (χ2v) is 6.57. The third kappa shape index (κ3) is 6.50. The highest BCUT2D eigenvalue weighted by Gasteiger charge is 2.22. The van der Waals surface area contributed by atoms with Gasteiger partial charge in [-0.3, -0.25) is 9.59 Å². The molecule has 2 amide bonds. The maximum absolute atomic E-state index is 12.4. The second-order valence-electron chi connectivity index (χ2n) is 6.57. The normalized spacial score (nSPS) is 14.9. The number of anilines is 2. The van der Waals surface area contributed by atoms with Crippen LogP contribution in [0.4, 0.5) is 11.4 Å². The molecule has 1 N–H and O–H groups in total. The summed E-state index contributed by atoms with van der Waals surface area (Å²) < 4.78 is 10.0. The molecule has 1 fully saturated rings. The molecule has 1 aliphatic heterocycles. The number of carbonyl (C=O) groups is 2. The van der Waals surface area contributed by atoms with E-state index in [1.165, 1.54) is 4.90 Å². The molecule has 0 aromatic heterocycles. The largest absolute Gasteiger partial charge is 0.383 e. The van der Waals surface area contributed by atoms with E-state index in [1.54, 1.807) is 14.2 Å². The highest BCUT2D eigenvalue weighted by Crippen LogP contribution is 2.19. The molecular formula is C19H30N4O4. The molecule has 150 valence electrons. The van der Waals surface area contributed by atoms with Gasteiger partial charge in [-0.25, -0.2) is 0 Å². The van der Waals surface area contributed by atoms with Crippen molar-refractivity contribution in [3.63, 3.8) is 0 Å². The van der Waals surface area contributed by atoms with E-state index in [9.17, 15) is 9.59 Å². The third-order valence-corrected chi connectivity index (χ3v) is 4.61. The number of hydrogen-bond acceptors (Lipinski definition) is 6. The Hall–Kier alpha value is -2.16. The summed E-state index contributed by atoms with van der Waals surface area (Å²) in [5, 5.41) is 2.67. The maximum Gasteiger partial charge on any atom is 0.313 e. The molecule has 1 saturated heterocycles. The molecule has 0 saturated carbocycles. The minimum Gasteiger partial charge on any atom is -0.383 e. The fraction of sp³-hybridized carbons (Fsp3) is 0.579. The van der Waals surface area contributed by atoms with Crippen molar-refractivity contribution in [1.29, 1.82) is 0 Å². The number of hydrogen-bond donors (Lipinski definition) is 1. The zero-order chi connectivity index (χ0) is 19.6. The molecule has 1 aliphatic rings. The van der Waals surface area contributed by atoms with Gasteiger partial charge in [-0.15, -0.1) is 0 Å². The van der Waals surface area contributed by atoms with Crippen LogP contribution >= 0.6 is 0 Å². The van der Waals surface area contributed by atoms with Crippen molar-refractivity contribution >= 4 is 23.2 Å². The maximum atomic E-state index is 12.4. The Morgan fingerprint density at radius 1 is 1.00 bits per heavy atom. The van der Waals surface area contributed by atoms with Crippen molar-refractivity contribution in [3.8, 4) is 0 Å². The smallest absolute Gasteiger partial charge is 0.313 e. The number of carbonyl (C=O) groups excluding carboxylic acids is 2. The lowest BCUT2D eigenvalue weighted by Crippen LogP contribution is -2.44. The molecule has 1 aromatic rings. The van der Waals surface area contributed by atoms with Gasteiger partial charge < -0.3 is 29.5 Å². The van der Waals surface area contributed by atoms with Crippen molar-refractivity contribution < 1.29 is 19.1 Å². The average Bonchev–Trinajstić information content (AvgIpc) is 2.69. The van der Waals surface area contributed by atoms with Crippen LogP contribution in [-0.4, -0.2) is 95.4 Å². The minimum atomic E-state index is -0.658. The van der Waals surface area contributed by atoms with Gasteiger partial charge in [-0.2, -0.15) is 0 Å². The Kier molecular flexibility index (Phi) is 8.50. The lowest BCUT2D eigenvalue weighted by molar-refractivity contribution is -0.144. The van der Waals surface area contributed by atoms with Crippen LogP contribution in [0.5, 0.6) is 0 Å². The number of benzene rings is 1. The van der Waals surface area contributed by atoms with Gasteiger partial charge in [0.05, 0.1) is 13.2 Å². The predicted octanol–water partition coefficient (Wildman–Crippen LogP) is 0.498. The van der Waals surface area contributed by atoms with Crippen molar-refractivity contribution in [1.82, 2.24) is 9.80 Å². The van der Waals surface area contributed by atoms with Crippen LogP contribution < -0.4 is 10.2 Å². The van der Waals surface area contributed by atoms with Gasteiger partial charge in [-0.1, -0.05) is 0 Å². The summed E-state index contributed by atoms with van der Waals surface area (Å²) in [6, 6.07) is 7.60. The van der Waals surface area contributed by atoms with Crippen LogP contribution in [0.3, 0.4) is 0 Å². The molecule has 27 heavy (non-hydrogen) atoms. The number of rotatable bonds is 8. The van der Waals surface area contributed by atoms with E-state index in [4.69, 9.17) is 9.47 Å². The predicted molar refractivity (Wildman–Crippen MR) is 105 cm³/mol. The number of amides is 2. The molecule has 0 radical (unpaired) electrons. The zero-order valence-electron chi connectivity index (χ0n) is 16.4. The van der Waals surface area contributed by atoms with Gasteiger partial charge in [0.2, 0.25) is 0 Å². The van der Waals surface area contributed by atoms with Crippen LogP contribution in [0, 0.1) is 0 Å². The Morgan fingerprint density at radius 3 is 2.07 bits per heavy atom. The molecule has 0 bridgehead atoms. The third-order valence-electron chi connectivity index (χ3n) is 4.61. The molecule has 2 rings (SSSR count). The van der Waals surface area contributed by atoms with E-state index in [0.29, 0.717) is 32.0 Å².